The second-order valence-electron chi connectivity index (χ2n) is 8.59. The molecule has 0 aromatic heterocycles. The Kier molecular flexibility index (Phi) is 4.07. The maximum Gasteiger partial charge on any atom is 0.231 e. The monoisotopic (exact) mass is 396 g/mol. The van der Waals surface area contributed by atoms with Gasteiger partial charge in [-0.05, 0) is 61.2 Å². The molecule has 0 spiro atoms. The lowest BCUT2D eigenvalue weighted by atomic mass is 9.75. The van der Waals surface area contributed by atoms with Gasteiger partial charge in [-0.25, -0.2) is 0 Å². The van der Waals surface area contributed by atoms with Crippen LogP contribution in [0.2, 0.25) is 5.02 Å². The van der Waals surface area contributed by atoms with Crippen molar-refractivity contribution in [1.82, 2.24) is 9.80 Å². The summed E-state index contributed by atoms with van der Waals surface area (Å²) >= 11 is 6.51. The normalized spacial score (nSPS) is 33.2. The first-order valence-corrected chi connectivity index (χ1v) is 10.8. The number of ether oxygens (including phenoxy) is 2. The lowest BCUT2D eigenvalue weighted by Gasteiger charge is -2.51. The standard InChI is InChI=1S/C23H25ClN2O2/c24-19-4-2-1-3-17(19)12-26-13-18(16-5-6-20-21(11-16)28-14-27-20)23-22(26)15-7-9-25(23)10-8-15/h1-6,11,15,18,22-23H,7-10,12-14H2/t18-,22+,23+/m0/s1. The fraction of sp³-hybridized carbons (Fsp3) is 0.478. The largest absolute Gasteiger partial charge is 0.454 e. The molecule has 0 N–H and O–H groups in total. The van der Waals surface area contributed by atoms with Crippen LogP contribution in [0.3, 0.4) is 0 Å². The average Bonchev–Trinajstić information content (AvgIpc) is 3.36. The van der Waals surface area contributed by atoms with Crippen molar-refractivity contribution in [3.05, 3.63) is 58.6 Å². The zero-order valence-electron chi connectivity index (χ0n) is 15.9. The SMILES string of the molecule is Clc1ccccc1CN1C[C@@H](c2ccc3c(c2)OCO3)[C@@H]2[C@H]1C1CCN2CC1. The maximum atomic E-state index is 6.51. The first kappa shape index (κ1) is 17.1. The first-order valence-electron chi connectivity index (χ1n) is 10.4. The van der Waals surface area contributed by atoms with E-state index in [-0.39, 0.29) is 0 Å². The number of halogens is 1. The van der Waals surface area contributed by atoms with Crippen LogP contribution in [0.1, 0.15) is 29.9 Å². The van der Waals surface area contributed by atoms with Gasteiger partial charge in [0, 0.05) is 36.1 Å². The number of fused-ring (bicyclic) bond motifs is 3. The quantitative estimate of drug-likeness (QED) is 0.778. The Hall–Kier alpha value is -1.75. The summed E-state index contributed by atoms with van der Waals surface area (Å²) in [5.41, 5.74) is 2.62. The third-order valence-corrected chi connectivity index (χ3v) is 7.62. The first-order chi connectivity index (χ1) is 13.8. The van der Waals surface area contributed by atoms with Crippen molar-refractivity contribution in [3.8, 4) is 11.5 Å². The molecule has 0 amide bonds. The zero-order chi connectivity index (χ0) is 18.7. The van der Waals surface area contributed by atoms with Crippen molar-refractivity contribution >= 4 is 11.6 Å². The van der Waals surface area contributed by atoms with Gasteiger partial charge in [-0.1, -0.05) is 35.9 Å². The van der Waals surface area contributed by atoms with E-state index in [1.165, 1.54) is 37.1 Å². The van der Waals surface area contributed by atoms with E-state index in [0.29, 0.717) is 24.8 Å². The molecule has 3 atom stereocenters. The third kappa shape index (κ3) is 2.66. The Labute approximate surface area is 171 Å². The molecule has 5 aliphatic rings. The van der Waals surface area contributed by atoms with Gasteiger partial charge in [-0.3, -0.25) is 9.80 Å². The third-order valence-electron chi connectivity index (χ3n) is 7.25. The highest BCUT2D eigenvalue weighted by atomic mass is 35.5. The molecular weight excluding hydrogens is 372 g/mol. The fourth-order valence-electron chi connectivity index (χ4n) is 6.00. The van der Waals surface area contributed by atoms with Crippen LogP contribution in [0.5, 0.6) is 11.5 Å². The summed E-state index contributed by atoms with van der Waals surface area (Å²) in [5, 5.41) is 0.881. The molecule has 0 unspecified atom stereocenters. The summed E-state index contributed by atoms with van der Waals surface area (Å²) in [6.07, 6.45) is 2.65. The molecule has 28 heavy (non-hydrogen) atoms. The smallest absolute Gasteiger partial charge is 0.231 e. The van der Waals surface area contributed by atoms with Crippen molar-refractivity contribution in [2.75, 3.05) is 26.4 Å². The molecule has 0 aliphatic carbocycles. The van der Waals surface area contributed by atoms with Gasteiger partial charge < -0.3 is 9.47 Å². The van der Waals surface area contributed by atoms with Crippen molar-refractivity contribution in [2.45, 2.75) is 37.4 Å². The summed E-state index contributed by atoms with van der Waals surface area (Å²) in [4.78, 5) is 5.45. The molecular formula is C23H25ClN2O2. The second-order valence-corrected chi connectivity index (χ2v) is 9.00. The van der Waals surface area contributed by atoms with E-state index in [0.717, 1.165) is 35.5 Å². The Morgan fingerprint density at radius 1 is 0.964 bits per heavy atom. The summed E-state index contributed by atoms with van der Waals surface area (Å²) in [5.74, 6) is 3.08. The summed E-state index contributed by atoms with van der Waals surface area (Å²) in [7, 11) is 0. The van der Waals surface area contributed by atoms with Gasteiger partial charge in [0.1, 0.15) is 0 Å². The predicted octanol–water partition coefficient (Wildman–Crippen LogP) is 4.13. The molecule has 4 saturated heterocycles. The highest BCUT2D eigenvalue weighted by Crippen LogP contribution is 2.48. The lowest BCUT2D eigenvalue weighted by molar-refractivity contribution is -0.00869. The summed E-state index contributed by atoms with van der Waals surface area (Å²) < 4.78 is 11.2. The Morgan fingerprint density at radius 3 is 2.64 bits per heavy atom. The molecule has 2 bridgehead atoms. The number of hydrogen-bond donors (Lipinski definition) is 0. The number of nitrogens with zero attached hydrogens (tertiary/aromatic N) is 2. The van der Waals surface area contributed by atoms with E-state index < -0.39 is 0 Å². The second kappa shape index (κ2) is 6.65. The minimum atomic E-state index is 0.336. The van der Waals surface area contributed by atoms with Crippen molar-refractivity contribution in [3.63, 3.8) is 0 Å². The van der Waals surface area contributed by atoms with E-state index >= 15 is 0 Å². The van der Waals surface area contributed by atoms with Crippen LogP contribution in [0.25, 0.3) is 0 Å². The minimum absolute atomic E-state index is 0.336. The molecule has 2 aromatic carbocycles. The maximum absolute atomic E-state index is 6.51. The number of rotatable bonds is 3. The van der Waals surface area contributed by atoms with E-state index in [9.17, 15) is 0 Å². The van der Waals surface area contributed by atoms with Crippen molar-refractivity contribution in [1.29, 1.82) is 0 Å². The lowest BCUT2D eigenvalue weighted by Crippen LogP contribution is -2.59. The van der Waals surface area contributed by atoms with Gasteiger partial charge in [-0.15, -0.1) is 0 Å². The zero-order valence-corrected chi connectivity index (χ0v) is 16.6. The van der Waals surface area contributed by atoms with E-state index in [2.05, 4.69) is 40.1 Å². The molecule has 5 aliphatic heterocycles. The van der Waals surface area contributed by atoms with Crippen molar-refractivity contribution in [2.24, 2.45) is 5.92 Å². The topological polar surface area (TPSA) is 24.9 Å². The van der Waals surface area contributed by atoms with Crippen LogP contribution in [-0.2, 0) is 6.54 Å². The molecule has 7 rings (SSSR count). The van der Waals surface area contributed by atoms with Crippen LogP contribution in [0, 0.1) is 5.92 Å². The number of piperidine rings is 3. The van der Waals surface area contributed by atoms with Gasteiger partial charge >= 0.3 is 0 Å². The Bertz CT molecular complexity index is 896. The van der Waals surface area contributed by atoms with Gasteiger partial charge in [0.05, 0.1) is 0 Å². The Balaban J connectivity index is 1.35. The molecule has 146 valence electrons. The molecule has 2 aromatic rings. The van der Waals surface area contributed by atoms with E-state index in [1.807, 2.05) is 12.1 Å². The minimum Gasteiger partial charge on any atom is -0.454 e. The van der Waals surface area contributed by atoms with Gasteiger partial charge in [0.15, 0.2) is 11.5 Å². The van der Waals surface area contributed by atoms with Crippen molar-refractivity contribution < 1.29 is 9.47 Å². The van der Waals surface area contributed by atoms with Crippen LogP contribution in [0.4, 0.5) is 0 Å². The molecule has 5 heteroatoms. The number of benzene rings is 2. The molecule has 5 heterocycles. The molecule has 4 fully saturated rings. The fourth-order valence-corrected chi connectivity index (χ4v) is 6.20. The number of likely N-dealkylation sites (tertiary alicyclic amines) is 1. The molecule has 0 saturated carbocycles. The highest BCUT2D eigenvalue weighted by Gasteiger charge is 2.53. The average molecular weight is 397 g/mol. The molecule has 0 radical (unpaired) electrons. The van der Waals surface area contributed by atoms with Crippen LogP contribution in [0.15, 0.2) is 42.5 Å². The van der Waals surface area contributed by atoms with Gasteiger partial charge in [0.2, 0.25) is 6.79 Å². The summed E-state index contributed by atoms with van der Waals surface area (Å²) in [6, 6.07) is 16.1. The van der Waals surface area contributed by atoms with Crippen LogP contribution < -0.4 is 9.47 Å². The predicted molar refractivity (Wildman–Crippen MR) is 109 cm³/mol. The number of hydrogen-bond acceptors (Lipinski definition) is 4. The van der Waals surface area contributed by atoms with Crippen LogP contribution in [-0.4, -0.2) is 48.3 Å². The van der Waals surface area contributed by atoms with Crippen LogP contribution >= 0.6 is 11.6 Å². The van der Waals surface area contributed by atoms with Gasteiger partial charge in [0.25, 0.3) is 0 Å². The highest BCUT2D eigenvalue weighted by molar-refractivity contribution is 6.31. The Morgan fingerprint density at radius 2 is 1.79 bits per heavy atom. The van der Waals surface area contributed by atoms with E-state index in [1.54, 1.807) is 0 Å². The summed E-state index contributed by atoms with van der Waals surface area (Å²) in [6.45, 7) is 4.83. The van der Waals surface area contributed by atoms with E-state index in [4.69, 9.17) is 21.1 Å². The van der Waals surface area contributed by atoms with Gasteiger partial charge in [-0.2, -0.15) is 0 Å². The molecule has 4 nitrogen and oxygen atoms in total.